The summed E-state index contributed by atoms with van der Waals surface area (Å²) in [5, 5.41) is 6.42. The average molecular weight is 482 g/mol. The molecule has 0 bridgehead atoms. The molecule has 2 aliphatic rings. The van der Waals surface area contributed by atoms with Crippen LogP contribution < -0.4 is 10.6 Å². The SMILES string of the molecule is CSc1ccc(C2C(C(=O)Nc3cccnc3)=C(C)NC3=C2C(=O)CC(c2ccccc2)C3)cc1. The summed E-state index contributed by atoms with van der Waals surface area (Å²) < 4.78 is 0. The number of anilines is 1. The molecule has 5 rings (SSSR count). The largest absolute Gasteiger partial charge is 0.362 e. The van der Waals surface area contributed by atoms with Crippen LogP contribution in [0.5, 0.6) is 0 Å². The molecule has 2 N–H and O–H groups in total. The van der Waals surface area contributed by atoms with Crippen LogP contribution in [0.1, 0.15) is 42.7 Å². The molecule has 2 unspecified atom stereocenters. The molecule has 0 radical (unpaired) electrons. The van der Waals surface area contributed by atoms with Gasteiger partial charge < -0.3 is 10.6 Å². The van der Waals surface area contributed by atoms with Crippen molar-refractivity contribution in [2.24, 2.45) is 0 Å². The second kappa shape index (κ2) is 9.92. The molecule has 3 aromatic rings. The number of thioether (sulfide) groups is 1. The van der Waals surface area contributed by atoms with E-state index < -0.39 is 5.92 Å². The molecular formula is C29H27N3O2S. The standard InChI is InChI=1S/C29H27N3O2S/c1-18-26(29(34)32-22-9-6-14-30-17-22)27(20-10-12-23(35-2)13-11-20)28-24(31-18)15-21(16-25(28)33)19-7-4-3-5-8-19/h3-14,17,21,27,31H,15-16H2,1-2H3,(H,32,34). The number of Topliss-reactive ketones (excluding diaryl/α,β-unsaturated/α-hetero) is 1. The van der Waals surface area contributed by atoms with Gasteiger partial charge in [-0.1, -0.05) is 42.5 Å². The molecule has 176 valence electrons. The molecule has 6 heteroatoms. The van der Waals surface area contributed by atoms with Gasteiger partial charge in [0.25, 0.3) is 5.91 Å². The molecule has 1 amide bonds. The first kappa shape index (κ1) is 23.1. The highest BCUT2D eigenvalue weighted by atomic mass is 32.2. The van der Waals surface area contributed by atoms with Crippen molar-refractivity contribution in [2.45, 2.75) is 36.5 Å². The van der Waals surface area contributed by atoms with E-state index in [1.165, 1.54) is 0 Å². The number of allylic oxidation sites excluding steroid dienone is 3. The third-order valence-electron chi connectivity index (χ3n) is 6.71. The first-order valence-corrected chi connectivity index (χ1v) is 12.9. The zero-order valence-electron chi connectivity index (χ0n) is 19.7. The van der Waals surface area contributed by atoms with E-state index in [0.29, 0.717) is 23.3 Å². The highest BCUT2D eigenvalue weighted by Gasteiger charge is 2.40. The van der Waals surface area contributed by atoms with E-state index >= 15 is 0 Å². The molecular weight excluding hydrogens is 454 g/mol. The fourth-order valence-electron chi connectivity index (χ4n) is 5.07. The molecule has 35 heavy (non-hydrogen) atoms. The number of aromatic nitrogens is 1. The first-order valence-electron chi connectivity index (χ1n) is 11.7. The molecule has 0 saturated heterocycles. The second-order valence-corrected chi connectivity index (χ2v) is 9.78. The normalized spacial score (nSPS) is 19.8. The first-order chi connectivity index (χ1) is 17.0. The lowest BCUT2D eigenvalue weighted by Crippen LogP contribution is -2.37. The number of rotatable bonds is 5. The Kier molecular flexibility index (Phi) is 6.55. The van der Waals surface area contributed by atoms with E-state index in [1.54, 1.807) is 36.3 Å². The zero-order valence-corrected chi connectivity index (χ0v) is 20.6. The van der Waals surface area contributed by atoms with Crippen LogP contribution in [0.4, 0.5) is 5.69 Å². The number of pyridine rings is 1. The maximum absolute atomic E-state index is 13.7. The van der Waals surface area contributed by atoms with Crippen molar-refractivity contribution >= 4 is 29.1 Å². The molecule has 1 aliphatic carbocycles. The van der Waals surface area contributed by atoms with Crippen molar-refractivity contribution in [1.29, 1.82) is 0 Å². The Morgan fingerprint density at radius 3 is 2.46 bits per heavy atom. The Morgan fingerprint density at radius 1 is 1.00 bits per heavy atom. The van der Waals surface area contributed by atoms with E-state index in [4.69, 9.17) is 0 Å². The monoisotopic (exact) mass is 481 g/mol. The lowest BCUT2D eigenvalue weighted by atomic mass is 9.71. The highest BCUT2D eigenvalue weighted by molar-refractivity contribution is 7.98. The number of carbonyl (C=O) groups is 2. The van der Waals surface area contributed by atoms with Gasteiger partial charge in [0.1, 0.15) is 0 Å². The number of hydrogen-bond acceptors (Lipinski definition) is 5. The Balaban J connectivity index is 1.56. The third kappa shape index (κ3) is 4.66. The summed E-state index contributed by atoms with van der Waals surface area (Å²) in [5.41, 5.74) is 5.69. The summed E-state index contributed by atoms with van der Waals surface area (Å²) >= 11 is 1.67. The minimum atomic E-state index is -0.428. The third-order valence-corrected chi connectivity index (χ3v) is 7.46. The Bertz CT molecular complexity index is 1320. The topological polar surface area (TPSA) is 71.1 Å². The van der Waals surface area contributed by atoms with E-state index in [9.17, 15) is 9.59 Å². The van der Waals surface area contributed by atoms with Gasteiger partial charge in [0.15, 0.2) is 5.78 Å². The van der Waals surface area contributed by atoms with Crippen LogP contribution in [-0.2, 0) is 9.59 Å². The quantitative estimate of drug-likeness (QED) is 0.451. The van der Waals surface area contributed by atoms with Crippen LogP contribution >= 0.6 is 11.8 Å². The molecule has 0 saturated carbocycles. The lowest BCUT2D eigenvalue weighted by molar-refractivity contribution is -0.116. The van der Waals surface area contributed by atoms with Gasteiger partial charge in [-0.25, -0.2) is 0 Å². The zero-order chi connectivity index (χ0) is 24.4. The van der Waals surface area contributed by atoms with Crippen molar-refractivity contribution in [1.82, 2.24) is 10.3 Å². The van der Waals surface area contributed by atoms with Gasteiger partial charge in [-0.15, -0.1) is 11.8 Å². The predicted molar refractivity (Wildman–Crippen MR) is 140 cm³/mol. The molecule has 2 heterocycles. The van der Waals surface area contributed by atoms with Crippen molar-refractivity contribution < 1.29 is 9.59 Å². The molecule has 0 fully saturated rings. The fraction of sp³-hybridized carbons (Fsp3) is 0.207. The second-order valence-electron chi connectivity index (χ2n) is 8.90. The van der Waals surface area contributed by atoms with E-state index in [2.05, 4.69) is 27.8 Å². The molecule has 1 aliphatic heterocycles. The van der Waals surface area contributed by atoms with Crippen LogP contribution in [0.3, 0.4) is 0 Å². The Morgan fingerprint density at radius 2 is 1.77 bits per heavy atom. The number of carbonyl (C=O) groups excluding carboxylic acids is 2. The number of amides is 1. The summed E-state index contributed by atoms with van der Waals surface area (Å²) in [7, 11) is 0. The van der Waals surface area contributed by atoms with Crippen molar-refractivity contribution in [2.75, 3.05) is 11.6 Å². The minimum Gasteiger partial charge on any atom is -0.362 e. The molecule has 5 nitrogen and oxygen atoms in total. The van der Waals surface area contributed by atoms with Crippen molar-refractivity contribution in [3.63, 3.8) is 0 Å². The van der Waals surface area contributed by atoms with Crippen molar-refractivity contribution in [3.05, 3.63) is 113 Å². The molecule has 2 atom stereocenters. The maximum atomic E-state index is 13.7. The van der Waals surface area contributed by atoms with Gasteiger partial charge in [-0.05, 0) is 60.9 Å². The molecule has 0 spiro atoms. The summed E-state index contributed by atoms with van der Waals surface area (Å²) in [6.07, 6.45) is 6.48. The van der Waals surface area contributed by atoms with Crippen LogP contribution in [0.25, 0.3) is 0 Å². The number of nitrogens with zero attached hydrogens (tertiary/aromatic N) is 1. The van der Waals surface area contributed by atoms with E-state index in [1.807, 2.05) is 55.6 Å². The predicted octanol–water partition coefficient (Wildman–Crippen LogP) is 5.80. The maximum Gasteiger partial charge on any atom is 0.254 e. The van der Waals surface area contributed by atoms with Crippen molar-refractivity contribution in [3.8, 4) is 0 Å². The van der Waals surface area contributed by atoms with Gasteiger partial charge in [-0.3, -0.25) is 14.6 Å². The number of nitrogens with one attached hydrogen (secondary N) is 2. The van der Waals surface area contributed by atoms with Crippen LogP contribution in [-0.4, -0.2) is 22.9 Å². The number of ketones is 1. The lowest BCUT2D eigenvalue weighted by Gasteiger charge is -2.37. The van der Waals surface area contributed by atoms with Crippen LogP contribution in [0.15, 0.2) is 107 Å². The van der Waals surface area contributed by atoms with Crippen LogP contribution in [0, 0.1) is 0 Å². The fourth-order valence-corrected chi connectivity index (χ4v) is 5.47. The average Bonchev–Trinajstić information content (AvgIpc) is 2.89. The van der Waals surface area contributed by atoms with Gasteiger partial charge in [-0.2, -0.15) is 0 Å². The number of dihydropyridines is 1. The van der Waals surface area contributed by atoms with E-state index in [-0.39, 0.29) is 17.6 Å². The van der Waals surface area contributed by atoms with E-state index in [0.717, 1.165) is 33.8 Å². The van der Waals surface area contributed by atoms with Gasteiger partial charge in [0.05, 0.1) is 11.9 Å². The van der Waals surface area contributed by atoms with Gasteiger partial charge >= 0.3 is 0 Å². The van der Waals surface area contributed by atoms with Gasteiger partial charge in [0.2, 0.25) is 0 Å². The number of hydrogen-bond donors (Lipinski definition) is 2. The molecule has 1 aromatic heterocycles. The van der Waals surface area contributed by atoms with Gasteiger partial charge in [0, 0.05) is 46.0 Å². The Hall–Kier alpha value is -3.64. The Labute approximate surface area is 209 Å². The summed E-state index contributed by atoms with van der Waals surface area (Å²) in [6, 6.07) is 21.9. The highest BCUT2D eigenvalue weighted by Crippen LogP contribution is 2.45. The smallest absolute Gasteiger partial charge is 0.254 e. The number of benzene rings is 2. The molecule has 2 aromatic carbocycles. The summed E-state index contributed by atoms with van der Waals surface area (Å²) in [4.78, 5) is 32.5. The summed E-state index contributed by atoms with van der Waals surface area (Å²) in [5.74, 6) is -0.451. The summed E-state index contributed by atoms with van der Waals surface area (Å²) in [6.45, 7) is 1.92. The minimum absolute atomic E-state index is 0.0886. The van der Waals surface area contributed by atoms with Crippen LogP contribution in [0.2, 0.25) is 0 Å².